The third-order valence-electron chi connectivity index (χ3n) is 2.20. The number of nitrogen functional groups attached to an aromatic ring is 1. The van der Waals surface area contributed by atoms with Gasteiger partial charge in [0.1, 0.15) is 5.82 Å². The van der Waals surface area contributed by atoms with E-state index in [1.54, 1.807) is 0 Å². The number of halogens is 4. The highest BCUT2D eigenvalue weighted by Crippen LogP contribution is 2.33. The number of hydrogen-bond donors (Lipinski definition) is 2. The molecule has 0 saturated heterocycles. The Morgan fingerprint density at radius 1 is 1.11 bits per heavy atom. The van der Waals surface area contributed by atoms with Gasteiger partial charge in [0, 0.05) is 5.69 Å². The number of aromatic nitrogens is 2. The van der Waals surface area contributed by atoms with Gasteiger partial charge in [-0.25, -0.2) is 14.4 Å². The third-order valence-corrected chi connectivity index (χ3v) is 2.20. The molecule has 1 aromatic carbocycles. The Balaban J connectivity index is 2.29. The molecule has 0 radical (unpaired) electrons. The molecular formula is C11H8F4N4. The molecule has 100 valence electrons. The molecule has 0 fully saturated rings. The summed E-state index contributed by atoms with van der Waals surface area (Å²) < 4.78 is 50.6. The Kier molecular flexibility index (Phi) is 3.24. The van der Waals surface area contributed by atoms with E-state index in [4.69, 9.17) is 5.73 Å². The zero-order valence-corrected chi connectivity index (χ0v) is 9.37. The molecule has 2 rings (SSSR count). The summed E-state index contributed by atoms with van der Waals surface area (Å²) in [5.41, 5.74) is 4.36. The molecule has 0 aliphatic rings. The summed E-state index contributed by atoms with van der Waals surface area (Å²) in [6.45, 7) is 0. The van der Waals surface area contributed by atoms with Gasteiger partial charge in [-0.05, 0) is 18.2 Å². The highest BCUT2D eigenvalue weighted by molar-refractivity contribution is 5.55. The quantitative estimate of drug-likeness (QED) is 0.825. The summed E-state index contributed by atoms with van der Waals surface area (Å²) in [5, 5.41) is 2.53. The molecule has 8 heteroatoms. The van der Waals surface area contributed by atoms with Crippen molar-refractivity contribution in [2.24, 2.45) is 0 Å². The van der Waals surface area contributed by atoms with Crippen LogP contribution in [0.1, 0.15) is 5.56 Å². The van der Waals surface area contributed by atoms with Crippen molar-refractivity contribution >= 4 is 17.3 Å². The van der Waals surface area contributed by atoms with Crippen molar-refractivity contribution in [3.63, 3.8) is 0 Å². The summed E-state index contributed by atoms with van der Waals surface area (Å²) in [5.74, 6) is -1.27. The second kappa shape index (κ2) is 4.71. The van der Waals surface area contributed by atoms with E-state index in [9.17, 15) is 17.6 Å². The molecular weight excluding hydrogens is 264 g/mol. The number of hydrogen-bond acceptors (Lipinski definition) is 4. The first kappa shape index (κ1) is 13.1. The van der Waals surface area contributed by atoms with Gasteiger partial charge in [-0.2, -0.15) is 13.2 Å². The minimum atomic E-state index is -4.76. The van der Waals surface area contributed by atoms with Crippen LogP contribution >= 0.6 is 0 Å². The largest absolute Gasteiger partial charge is 0.419 e. The van der Waals surface area contributed by atoms with Gasteiger partial charge in [0.2, 0.25) is 5.95 Å². The number of nitrogens with two attached hydrogens (primary N) is 1. The lowest BCUT2D eigenvalue weighted by molar-refractivity contribution is -0.139. The van der Waals surface area contributed by atoms with Gasteiger partial charge in [-0.15, -0.1) is 0 Å². The van der Waals surface area contributed by atoms with Crippen molar-refractivity contribution < 1.29 is 17.6 Å². The smallest absolute Gasteiger partial charge is 0.396 e. The molecule has 0 bridgehead atoms. The van der Waals surface area contributed by atoms with Crippen molar-refractivity contribution in [3.05, 3.63) is 42.0 Å². The fraction of sp³-hybridized carbons (Fsp3) is 0.0909. The van der Waals surface area contributed by atoms with Crippen molar-refractivity contribution in [3.8, 4) is 0 Å². The molecule has 0 atom stereocenters. The summed E-state index contributed by atoms with van der Waals surface area (Å²) >= 11 is 0. The summed E-state index contributed by atoms with van der Waals surface area (Å²) in [6.07, 6.45) is -2.17. The number of benzene rings is 1. The first-order valence-corrected chi connectivity index (χ1v) is 5.07. The fourth-order valence-corrected chi connectivity index (χ4v) is 1.35. The molecule has 0 aliphatic carbocycles. The summed E-state index contributed by atoms with van der Waals surface area (Å²) in [6, 6.07) is 2.53. The first-order chi connectivity index (χ1) is 8.86. The Hall–Kier alpha value is -2.38. The molecule has 19 heavy (non-hydrogen) atoms. The maximum absolute atomic E-state index is 13.1. The van der Waals surface area contributed by atoms with Crippen molar-refractivity contribution in [1.29, 1.82) is 0 Å². The maximum Gasteiger partial charge on any atom is 0.419 e. The second-order valence-electron chi connectivity index (χ2n) is 3.66. The SMILES string of the molecule is Nc1cnc(Nc2ccc(F)c(C(F)(F)F)c2)nc1. The minimum absolute atomic E-state index is 0.0264. The number of rotatable bonds is 2. The van der Waals surface area contributed by atoms with E-state index in [2.05, 4.69) is 15.3 Å². The molecule has 0 unspecified atom stereocenters. The van der Waals surface area contributed by atoms with E-state index in [0.717, 1.165) is 12.1 Å². The molecule has 1 aromatic heterocycles. The summed E-state index contributed by atoms with van der Waals surface area (Å²) in [7, 11) is 0. The number of nitrogens with zero attached hydrogens (tertiary/aromatic N) is 2. The van der Waals surface area contributed by atoms with E-state index in [0.29, 0.717) is 11.8 Å². The Bertz CT molecular complexity index is 580. The molecule has 3 N–H and O–H groups in total. The Morgan fingerprint density at radius 2 is 1.74 bits per heavy atom. The Labute approximate surface area is 105 Å². The van der Waals surface area contributed by atoms with E-state index in [-0.39, 0.29) is 11.6 Å². The van der Waals surface area contributed by atoms with Gasteiger partial charge >= 0.3 is 6.18 Å². The zero-order chi connectivity index (χ0) is 14.0. The highest BCUT2D eigenvalue weighted by Gasteiger charge is 2.34. The van der Waals surface area contributed by atoms with Gasteiger partial charge in [0.15, 0.2) is 0 Å². The molecule has 0 spiro atoms. The predicted octanol–water partition coefficient (Wildman–Crippen LogP) is 2.96. The van der Waals surface area contributed by atoms with Crippen LogP contribution in [0.5, 0.6) is 0 Å². The molecule has 4 nitrogen and oxygen atoms in total. The second-order valence-corrected chi connectivity index (χ2v) is 3.66. The topological polar surface area (TPSA) is 63.8 Å². The van der Waals surface area contributed by atoms with Crippen molar-refractivity contribution in [2.45, 2.75) is 6.18 Å². The highest BCUT2D eigenvalue weighted by atomic mass is 19.4. The van der Waals surface area contributed by atoms with Gasteiger partial charge in [0.25, 0.3) is 0 Å². The maximum atomic E-state index is 13.1. The minimum Gasteiger partial charge on any atom is -0.396 e. The van der Waals surface area contributed by atoms with Crippen LogP contribution < -0.4 is 11.1 Å². The standard InChI is InChI=1S/C11H8F4N4/c12-9-2-1-7(3-8(9)11(13,14)15)19-10-17-4-6(16)5-18-10/h1-5H,16H2,(H,17,18,19). The molecule has 0 amide bonds. The number of anilines is 3. The van der Waals surface area contributed by atoms with Gasteiger partial charge in [-0.3, -0.25) is 0 Å². The molecule has 0 aliphatic heterocycles. The van der Waals surface area contributed by atoms with E-state index < -0.39 is 17.6 Å². The van der Waals surface area contributed by atoms with Crippen LogP contribution in [0.2, 0.25) is 0 Å². The predicted molar refractivity (Wildman–Crippen MR) is 61.1 cm³/mol. The van der Waals surface area contributed by atoms with Crippen LogP contribution in [0.15, 0.2) is 30.6 Å². The number of nitrogens with one attached hydrogen (secondary N) is 1. The molecule has 1 heterocycles. The van der Waals surface area contributed by atoms with E-state index >= 15 is 0 Å². The van der Waals surface area contributed by atoms with Gasteiger partial charge in [0.05, 0.1) is 23.6 Å². The van der Waals surface area contributed by atoms with E-state index in [1.165, 1.54) is 12.4 Å². The van der Waals surface area contributed by atoms with Crippen LogP contribution in [-0.2, 0) is 6.18 Å². The van der Waals surface area contributed by atoms with Crippen LogP contribution in [0.3, 0.4) is 0 Å². The normalized spacial score (nSPS) is 11.4. The molecule has 0 saturated carbocycles. The van der Waals surface area contributed by atoms with Gasteiger partial charge < -0.3 is 11.1 Å². The third kappa shape index (κ3) is 3.09. The number of alkyl halides is 3. The lowest BCUT2D eigenvalue weighted by Gasteiger charge is -2.10. The first-order valence-electron chi connectivity index (χ1n) is 5.07. The Morgan fingerprint density at radius 3 is 2.32 bits per heavy atom. The monoisotopic (exact) mass is 272 g/mol. The lowest BCUT2D eigenvalue weighted by Crippen LogP contribution is -2.09. The average Bonchev–Trinajstić information content (AvgIpc) is 2.33. The lowest BCUT2D eigenvalue weighted by atomic mass is 10.2. The van der Waals surface area contributed by atoms with E-state index in [1.807, 2.05) is 0 Å². The fourth-order valence-electron chi connectivity index (χ4n) is 1.35. The van der Waals surface area contributed by atoms with Crippen LogP contribution in [0.4, 0.5) is 34.9 Å². The summed E-state index contributed by atoms with van der Waals surface area (Å²) in [4.78, 5) is 7.53. The average molecular weight is 272 g/mol. The van der Waals surface area contributed by atoms with Gasteiger partial charge in [-0.1, -0.05) is 0 Å². The van der Waals surface area contributed by atoms with Crippen LogP contribution in [-0.4, -0.2) is 9.97 Å². The molecule has 2 aromatic rings. The van der Waals surface area contributed by atoms with Crippen molar-refractivity contribution in [1.82, 2.24) is 9.97 Å². The van der Waals surface area contributed by atoms with Crippen LogP contribution in [0, 0.1) is 5.82 Å². The zero-order valence-electron chi connectivity index (χ0n) is 9.37. The van der Waals surface area contributed by atoms with Crippen molar-refractivity contribution in [2.75, 3.05) is 11.1 Å². The van der Waals surface area contributed by atoms with Crippen LogP contribution in [0.25, 0.3) is 0 Å².